The SMILES string of the molecule is C[C@@H](NS(=O)(=O)c1ccccn1)c1ccco1. The van der Waals surface area contributed by atoms with Crippen LogP contribution in [0.25, 0.3) is 0 Å². The van der Waals surface area contributed by atoms with Crippen molar-refractivity contribution in [3.05, 3.63) is 48.6 Å². The second-order valence-electron chi connectivity index (χ2n) is 3.53. The highest BCUT2D eigenvalue weighted by Gasteiger charge is 2.20. The zero-order chi connectivity index (χ0) is 12.3. The van der Waals surface area contributed by atoms with Crippen molar-refractivity contribution in [2.24, 2.45) is 0 Å². The van der Waals surface area contributed by atoms with E-state index in [-0.39, 0.29) is 5.03 Å². The van der Waals surface area contributed by atoms with Crippen LogP contribution < -0.4 is 4.72 Å². The summed E-state index contributed by atoms with van der Waals surface area (Å²) in [6, 6.07) is 7.72. The third kappa shape index (κ3) is 2.72. The average Bonchev–Trinajstić information content (AvgIpc) is 2.83. The van der Waals surface area contributed by atoms with Crippen LogP contribution in [0, 0.1) is 0 Å². The van der Waals surface area contributed by atoms with Crippen molar-refractivity contribution >= 4 is 10.0 Å². The number of nitrogens with zero attached hydrogens (tertiary/aromatic N) is 1. The predicted molar refractivity (Wildman–Crippen MR) is 61.7 cm³/mol. The number of aromatic nitrogens is 1. The van der Waals surface area contributed by atoms with E-state index < -0.39 is 16.1 Å². The van der Waals surface area contributed by atoms with Crippen LogP contribution in [-0.4, -0.2) is 13.4 Å². The van der Waals surface area contributed by atoms with Gasteiger partial charge in [-0.2, -0.15) is 4.72 Å². The van der Waals surface area contributed by atoms with Gasteiger partial charge in [-0.05, 0) is 31.2 Å². The molecule has 2 heterocycles. The molecule has 2 aromatic heterocycles. The minimum atomic E-state index is -3.61. The highest BCUT2D eigenvalue weighted by Crippen LogP contribution is 2.15. The molecule has 2 rings (SSSR count). The van der Waals surface area contributed by atoms with Crippen molar-refractivity contribution in [2.75, 3.05) is 0 Å². The number of sulfonamides is 1. The molecule has 0 aliphatic rings. The Morgan fingerprint density at radius 2 is 2.12 bits per heavy atom. The molecule has 0 fully saturated rings. The molecule has 0 saturated heterocycles. The second kappa shape index (κ2) is 4.68. The monoisotopic (exact) mass is 252 g/mol. The van der Waals surface area contributed by atoms with Crippen molar-refractivity contribution in [3.8, 4) is 0 Å². The summed E-state index contributed by atoms with van der Waals surface area (Å²) >= 11 is 0. The number of hydrogen-bond acceptors (Lipinski definition) is 4. The quantitative estimate of drug-likeness (QED) is 0.899. The number of furan rings is 1. The standard InChI is InChI=1S/C11H12N2O3S/c1-9(10-5-4-8-16-10)13-17(14,15)11-6-2-3-7-12-11/h2-9,13H,1H3/t9-/m1/s1. The van der Waals surface area contributed by atoms with Crippen LogP contribution in [0.4, 0.5) is 0 Å². The summed E-state index contributed by atoms with van der Waals surface area (Å²) in [6.07, 6.45) is 2.94. The van der Waals surface area contributed by atoms with E-state index in [1.165, 1.54) is 18.5 Å². The number of nitrogens with one attached hydrogen (secondary N) is 1. The molecular weight excluding hydrogens is 240 g/mol. The first-order chi connectivity index (χ1) is 8.09. The first-order valence-corrected chi connectivity index (χ1v) is 6.55. The van der Waals surface area contributed by atoms with Crippen LogP contribution >= 0.6 is 0 Å². The van der Waals surface area contributed by atoms with Crippen molar-refractivity contribution in [1.82, 2.24) is 9.71 Å². The molecule has 0 bridgehead atoms. The van der Waals surface area contributed by atoms with Crippen LogP contribution in [0.5, 0.6) is 0 Å². The fraction of sp³-hybridized carbons (Fsp3) is 0.182. The summed E-state index contributed by atoms with van der Waals surface area (Å²) in [6.45, 7) is 1.71. The summed E-state index contributed by atoms with van der Waals surface area (Å²) < 4.78 is 31.5. The lowest BCUT2D eigenvalue weighted by atomic mass is 10.3. The molecule has 90 valence electrons. The predicted octanol–water partition coefficient (Wildman–Crippen LogP) is 1.71. The number of hydrogen-bond donors (Lipinski definition) is 1. The van der Waals surface area contributed by atoms with E-state index in [0.29, 0.717) is 5.76 Å². The molecule has 0 saturated carbocycles. The zero-order valence-electron chi connectivity index (χ0n) is 9.20. The van der Waals surface area contributed by atoms with Crippen LogP contribution in [0.1, 0.15) is 18.7 Å². The maximum absolute atomic E-state index is 11.9. The van der Waals surface area contributed by atoms with E-state index in [0.717, 1.165) is 0 Å². The molecule has 17 heavy (non-hydrogen) atoms. The van der Waals surface area contributed by atoms with E-state index in [4.69, 9.17) is 4.42 Å². The van der Waals surface area contributed by atoms with E-state index in [2.05, 4.69) is 9.71 Å². The fourth-order valence-electron chi connectivity index (χ4n) is 1.39. The van der Waals surface area contributed by atoms with Crippen LogP contribution in [-0.2, 0) is 10.0 Å². The van der Waals surface area contributed by atoms with Crippen molar-refractivity contribution < 1.29 is 12.8 Å². The molecule has 0 aromatic carbocycles. The van der Waals surface area contributed by atoms with Gasteiger partial charge in [0.2, 0.25) is 0 Å². The summed E-state index contributed by atoms with van der Waals surface area (Å²) in [7, 11) is -3.61. The van der Waals surface area contributed by atoms with Gasteiger partial charge in [0.1, 0.15) is 5.76 Å². The topological polar surface area (TPSA) is 72.2 Å². The molecule has 5 nitrogen and oxygen atoms in total. The summed E-state index contributed by atoms with van der Waals surface area (Å²) in [5, 5.41) is -0.00148. The third-order valence-corrected chi connectivity index (χ3v) is 3.67. The molecule has 0 aliphatic heterocycles. The summed E-state index contributed by atoms with van der Waals surface area (Å²) in [5.41, 5.74) is 0. The Morgan fingerprint density at radius 1 is 1.29 bits per heavy atom. The zero-order valence-corrected chi connectivity index (χ0v) is 10.0. The van der Waals surface area contributed by atoms with E-state index in [1.807, 2.05) is 0 Å². The Balaban J connectivity index is 2.19. The molecular formula is C11H12N2O3S. The summed E-state index contributed by atoms with van der Waals surface area (Å²) in [4.78, 5) is 3.80. The van der Waals surface area contributed by atoms with E-state index in [9.17, 15) is 8.42 Å². The molecule has 6 heteroatoms. The minimum Gasteiger partial charge on any atom is -0.468 e. The van der Waals surface area contributed by atoms with Gasteiger partial charge in [0.25, 0.3) is 10.0 Å². The minimum absolute atomic E-state index is 0.00148. The third-order valence-electron chi connectivity index (χ3n) is 2.21. The first kappa shape index (κ1) is 11.8. The van der Waals surface area contributed by atoms with E-state index in [1.54, 1.807) is 31.2 Å². The van der Waals surface area contributed by atoms with Gasteiger partial charge in [0.15, 0.2) is 5.03 Å². The Hall–Kier alpha value is -1.66. The highest BCUT2D eigenvalue weighted by molar-refractivity contribution is 7.89. The maximum atomic E-state index is 11.9. The molecule has 2 aromatic rings. The lowest BCUT2D eigenvalue weighted by Gasteiger charge is -2.11. The van der Waals surface area contributed by atoms with E-state index >= 15 is 0 Å². The van der Waals surface area contributed by atoms with Gasteiger partial charge in [-0.15, -0.1) is 0 Å². The molecule has 0 spiro atoms. The highest BCUT2D eigenvalue weighted by atomic mass is 32.2. The fourth-order valence-corrected chi connectivity index (χ4v) is 2.55. The summed E-state index contributed by atoms with van der Waals surface area (Å²) in [5.74, 6) is 0.560. The van der Waals surface area contributed by atoms with Crippen LogP contribution in [0.3, 0.4) is 0 Å². The van der Waals surface area contributed by atoms with Gasteiger partial charge in [0.05, 0.1) is 12.3 Å². The normalized spacial score (nSPS) is 13.5. The second-order valence-corrected chi connectivity index (χ2v) is 5.19. The Labute approximate surface area is 99.5 Å². The van der Waals surface area contributed by atoms with Crippen molar-refractivity contribution in [2.45, 2.75) is 18.0 Å². The Morgan fingerprint density at radius 3 is 2.71 bits per heavy atom. The molecule has 0 unspecified atom stereocenters. The molecule has 1 atom stereocenters. The largest absolute Gasteiger partial charge is 0.468 e. The Bertz CT molecular complexity index is 564. The Kier molecular flexibility index (Phi) is 3.26. The van der Waals surface area contributed by atoms with Crippen LogP contribution in [0.2, 0.25) is 0 Å². The lowest BCUT2D eigenvalue weighted by Crippen LogP contribution is -2.27. The molecule has 0 amide bonds. The average molecular weight is 252 g/mol. The maximum Gasteiger partial charge on any atom is 0.258 e. The van der Waals surface area contributed by atoms with Crippen molar-refractivity contribution in [3.63, 3.8) is 0 Å². The number of rotatable bonds is 4. The smallest absolute Gasteiger partial charge is 0.258 e. The van der Waals surface area contributed by atoms with Gasteiger partial charge >= 0.3 is 0 Å². The number of pyridine rings is 1. The van der Waals surface area contributed by atoms with Gasteiger partial charge in [0, 0.05) is 6.20 Å². The van der Waals surface area contributed by atoms with Gasteiger partial charge in [-0.3, -0.25) is 0 Å². The van der Waals surface area contributed by atoms with Gasteiger partial charge in [-0.1, -0.05) is 6.07 Å². The van der Waals surface area contributed by atoms with Gasteiger partial charge in [-0.25, -0.2) is 13.4 Å². The molecule has 0 aliphatic carbocycles. The molecule has 0 radical (unpaired) electrons. The van der Waals surface area contributed by atoms with Gasteiger partial charge < -0.3 is 4.42 Å². The van der Waals surface area contributed by atoms with Crippen LogP contribution in [0.15, 0.2) is 52.2 Å². The lowest BCUT2D eigenvalue weighted by molar-refractivity contribution is 0.459. The van der Waals surface area contributed by atoms with Crippen molar-refractivity contribution in [1.29, 1.82) is 0 Å². The first-order valence-electron chi connectivity index (χ1n) is 5.06. The molecule has 1 N–H and O–H groups in total.